The SMILES string of the molecule is CCN(CC)C(=O)c1csc(Nc2ccc3c(c2)OCO3)n1. The van der Waals surface area contributed by atoms with Crippen molar-refractivity contribution in [2.45, 2.75) is 13.8 Å². The largest absolute Gasteiger partial charge is 0.454 e. The Morgan fingerprint density at radius 3 is 2.86 bits per heavy atom. The minimum Gasteiger partial charge on any atom is -0.454 e. The van der Waals surface area contributed by atoms with E-state index in [4.69, 9.17) is 9.47 Å². The van der Waals surface area contributed by atoms with E-state index in [0.29, 0.717) is 29.7 Å². The average Bonchev–Trinajstić information content (AvgIpc) is 3.17. The minimum atomic E-state index is -0.0417. The van der Waals surface area contributed by atoms with Crippen molar-refractivity contribution in [1.29, 1.82) is 0 Å². The van der Waals surface area contributed by atoms with Gasteiger partial charge in [0.2, 0.25) is 6.79 Å². The molecular formula is C15H17N3O3S. The van der Waals surface area contributed by atoms with E-state index in [2.05, 4.69) is 10.3 Å². The lowest BCUT2D eigenvalue weighted by Crippen LogP contribution is -2.30. The van der Waals surface area contributed by atoms with Crippen molar-refractivity contribution in [2.24, 2.45) is 0 Å². The van der Waals surface area contributed by atoms with Gasteiger partial charge in [-0.2, -0.15) is 0 Å². The molecule has 2 heterocycles. The fourth-order valence-corrected chi connectivity index (χ4v) is 2.90. The molecular weight excluding hydrogens is 302 g/mol. The average molecular weight is 319 g/mol. The maximum Gasteiger partial charge on any atom is 0.273 e. The number of hydrogen-bond donors (Lipinski definition) is 1. The number of hydrogen-bond acceptors (Lipinski definition) is 6. The molecule has 3 rings (SSSR count). The lowest BCUT2D eigenvalue weighted by atomic mass is 10.3. The van der Waals surface area contributed by atoms with E-state index in [9.17, 15) is 4.79 Å². The lowest BCUT2D eigenvalue weighted by Gasteiger charge is -2.16. The summed E-state index contributed by atoms with van der Waals surface area (Å²) in [5.41, 5.74) is 1.32. The highest BCUT2D eigenvalue weighted by Gasteiger charge is 2.17. The number of anilines is 2. The first-order chi connectivity index (χ1) is 10.7. The van der Waals surface area contributed by atoms with Crippen LogP contribution in [0.5, 0.6) is 11.5 Å². The highest BCUT2D eigenvalue weighted by molar-refractivity contribution is 7.14. The number of thiazole rings is 1. The van der Waals surface area contributed by atoms with E-state index < -0.39 is 0 Å². The van der Waals surface area contributed by atoms with Gasteiger partial charge in [-0.1, -0.05) is 0 Å². The summed E-state index contributed by atoms with van der Waals surface area (Å²) in [6.07, 6.45) is 0. The highest BCUT2D eigenvalue weighted by Crippen LogP contribution is 2.35. The van der Waals surface area contributed by atoms with Crippen molar-refractivity contribution in [3.05, 3.63) is 29.3 Å². The molecule has 1 amide bonds. The van der Waals surface area contributed by atoms with Gasteiger partial charge in [0.1, 0.15) is 5.69 Å². The van der Waals surface area contributed by atoms with Gasteiger partial charge in [-0.3, -0.25) is 4.79 Å². The van der Waals surface area contributed by atoms with Crippen LogP contribution in [0.4, 0.5) is 10.8 Å². The van der Waals surface area contributed by atoms with Gasteiger partial charge in [-0.05, 0) is 26.0 Å². The maximum atomic E-state index is 12.2. The molecule has 22 heavy (non-hydrogen) atoms. The molecule has 0 spiro atoms. The third-order valence-corrected chi connectivity index (χ3v) is 4.16. The monoisotopic (exact) mass is 319 g/mol. The molecule has 0 fully saturated rings. The van der Waals surface area contributed by atoms with Gasteiger partial charge in [0.15, 0.2) is 16.6 Å². The Labute approximate surface area is 132 Å². The number of nitrogens with zero attached hydrogens (tertiary/aromatic N) is 2. The predicted octanol–water partition coefficient (Wildman–Crippen LogP) is 3.10. The molecule has 0 bridgehead atoms. The number of carbonyl (C=O) groups is 1. The van der Waals surface area contributed by atoms with Crippen LogP contribution in [0.15, 0.2) is 23.6 Å². The van der Waals surface area contributed by atoms with E-state index in [1.807, 2.05) is 32.0 Å². The zero-order valence-electron chi connectivity index (χ0n) is 12.5. The topological polar surface area (TPSA) is 63.7 Å². The first kappa shape index (κ1) is 14.6. The fraction of sp³-hybridized carbons (Fsp3) is 0.333. The molecule has 0 radical (unpaired) electrons. The van der Waals surface area contributed by atoms with Crippen LogP contribution in [-0.2, 0) is 0 Å². The summed E-state index contributed by atoms with van der Waals surface area (Å²) >= 11 is 1.40. The molecule has 1 N–H and O–H groups in total. The zero-order chi connectivity index (χ0) is 15.5. The van der Waals surface area contributed by atoms with Crippen molar-refractivity contribution >= 4 is 28.1 Å². The van der Waals surface area contributed by atoms with Crippen molar-refractivity contribution in [3.63, 3.8) is 0 Å². The Morgan fingerprint density at radius 1 is 1.32 bits per heavy atom. The molecule has 1 aliphatic heterocycles. The number of benzene rings is 1. The maximum absolute atomic E-state index is 12.2. The first-order valence-corrected chi connectivity index (χ1v) is 8.00. The van der Waals surface area contributed by atoms with Gasteiger partial charge < -0.3 is 19.7 Å². The van der Waals surface area contributed by atoms with Gasteiger partial charge in [0, 0.05) is 30.2 Å². The van der Waals surface area contributed by atoms with Gasteiger partial charge in [0.05, 0.1) is 0 Å². The van der Waals surface area contributed by atoms with Gasteiger partial charge in [-0.15, -0.1) is 11.3 Å². The van der Waals surface area contributed by atoms with Crippen LogP contribution < -0.4 is 14.8 Å². The van der Waals surface area contributed by atoms with Gasteiger partial charge in [-0.25, -0.2) is 4.98 Å². The molecule has 0 saturated carbocycles. The summed E-state index contributed by atoms with van der Waals surface area (Å²) in [5, 5.41) is 5.63. The summed E-state index contributed by atoms with van der Waals surface area (Å²) in [6.45, 7) is 5.52. The summed E-state index contributed by atoms with van der Waals surface area (Å²) < 4.78 is 10.6. The van der Waals surface area contributed by atoms with Crippen molar-refractivity contribution in [3.8, 4) is 11.5 Å². The molecule has 6 nitrogen and oxygen atoms in total. The molecule has 1 aromatic carbocycles. The van der Waals surface area contributed by atoms with E-state index in [0.717, 1.165) is 11.4 Å². The third-order valence-electron chi connectivity index (χ3n) is 3.40. The standard InChI is InChI=1S/C15H17N3O3S/c1-3-18(4-2)14(19)11-8-22-15(17-11)16-10-5-6-12-13(7-10)21-9-20-12/h5-8H,3-4,9H2,1-2H3,(H,16,17). The fourth-order valence-electron chi connectivity index (χ4n) is 2.20. The van der Waals surface area contributed by atoms with Crippen LogP contribution in [0.3, 0.4) is 0 Å². The Balaban J connectivity index is 1.73. The Morgan fingerprint density at radius 2 is 2.09 bits per heavy atom. The Bertz CT molecular complexity index is 682. The predicted molar refractivity (Wildman–Crippen MR) is 85.2 cm³/mol. The number of ether oxygens (including phenoxy) is 2. The molecule has 0 unspecified atom stereocenters. The molecule has 116 valence electrons. The lowest BCUT2D eigenvalue weighted by molar-refractivity contribution is 0.0768. The summed E-state index contributed by atoms with van der Waals surface area (Å²) in [6, 6.07) is 5.59. The van der Waals surface area contributed by atoms with Crippen LogP contribution >= 0.6 is 11.3 Å². The Kier molecular flexibility index (Phi) is 4.15. The number of nitrogens with one attached hydrogen (secondary N) is 1. The van der Waals surface area contributed by atoms with Crippen LogP contribution in [0.1, 0.15) is 24.3 Å². The smallest absolute Gasteiger partial charge is 0.273 e. The molecule has 0 atom stereocenters. The summed E-state index contributed by atoms with van der Waals surface area (Å²) in [7, 11) is 0. The van der Waals surface area contributed by atoms with E-state index in [1.54, 1.807) is 10.3 Å². The normalized spacial score (nSPS) is 12.3. The van der Waals surface area contributed by atoms with Crippen molar-refractivity contribution in [2.75, 3.05) is 25.2 Å². The zero-order valence-corrected chi connectivity index (χ0v) is 13.3. The van der Waals surface area contributed by atoms with E-state index >= 15 is 0 Å². The van der Waals surface area contributed by atoms with Gasteiger partial charge >= 0.3 is 0 Å². The van der Waals surface area contributed by atoms with Gasteiger partial charge in [0.25, 0.3) is 5.91 Å². The molecule has 0 saturated heterocycles. The molecule has 2 aromatic rings. The molecule has 1 aliphatic rings. The van der Waals surface area contributed by atoms with Crippen LogP contribution in [-0.4, -0.2) is 35.7 Å². The second kappa shape index (κ2) is 6.23. The number of carbonyl (C=O) groups excluding carboxylic acids is 1. The van der Waals surface area contributed by atoms with Crippen LogP contribution in [0, 0.1) is 0 Å². The van der Waals surface area contributed by atoms with Crippen molar-refractivity contribution < 1.29 is 14.3 Å². The molecule has 1 aromatic heterocycles. The van der Waals surface area contributed by atoms with E-state index in [1.165, 1.54) is 11.3 Å². The second-order valence-electron chi connectivity index (χ2n) is 4.71. The highest BCUT2D eigenvalue weighted by atomic mass is 32.1. The number of aromatic nitrogens is 1. The number of fused-ring (bicyclic) bond motifs is 1. The quantitative estimate of drug-likeness (QED) is 0.917. The first-order valence-electron chi connectivity index (χ1n) is 7.12. The second-order valence-corrected chi connectivity index (χ2v) is 5.57. The Hall–Kier alpha value is -2.28. The molecule has 0 aliphatic carbocycles. The third kappa shape index (κ3) is 2.85. The number of amides is 1. The van der Waals surface area contributed by atoms with E-state index in [-0.39, 0.29) is 12.7 Å². The van der Waals surface area contributed by atoms with Crippen molar-refractivity contribution in [1.82, 2.24) is 9.88 Å². The number of rotatable bonds is 5. The summed E-state index contributed by atoms with van der Waals surface area (Å²) in [5.74, 6) is 1.41. The summed E-state index contributed by atoms with van der Waals surface area (Å²) in [4.78, 5) is 18.3. The minimum absolute atomic E-state index is 0.0417. The van der Waals surface area contributed by atoms with Crippen LogP contribution in [0.25, 0.3) is 0 Å². The molecule has 7 heteroatoms. The van der Waals surface area contributed by atoms with Crippen LogP contribution in [0.2, 0.25) is 0 Å².